The maximum absolute atomic E-state index is 13.9. The van der Waals surface area contributed by atoms with Crippen LogP contribution in [0.15, 0.2) is 84.0 Å². The van der Waals surface area contributed by atoms with Crippen LogP contribution >= 0.6 is 11.9 Å². The van der Waals surface area contributed by atoms with E-state index in [1.54, 1.807) is 18.5 Å². The Kier molecular flexibility index (Phi) is 6.69. The molecule has 34 heavy (non-hydrogen) atoms. The Morgan fingerprint density at radius 1 is 0.912 bits per heavy atom. The van der Waals surface area contributed by atoms with E-state index in [2.05, 4.69) is 19.6 Å². The third kappa shape index (κ3) is 5.03. The van der Waals surface area contributed by atoms with Gasteiger partial charge in [-0.2, -0.15) is 0 Å². The molecule has 0 spiro atoms. The van der Waals surface area contributed by atoms with E-state index >= 15 is 0 Å². The Hall–Kier alpha value is -3.49. The van der Waals surface area contributed by atoms with Crippen molar-refractivity contribution < 1.29 is 9.18 Å². The highest BCUT2D eigenvalue weighted by Gasteiger charge is 2.23. The minimum Gasteiger partial charge on any atom is -0.336 e. The van der Waals surface area contributed by atoms with E-state index in [0.29, 0.717) is 44.0 Å². The fraction of sp³-hybridized carbons (Fsp3) is 0.192. The zero-order valence-corrected chi connectivity index (χ0v) is 19.3. The quantitative estimate of drug-likeness (QED) is 0.404. The van der Waals surface area contributed by atoms with Crippen LogP contribution in [0.1, 0.15) is 16.1 Å². The van der Waals surface area contributed by atoms with Crippen LogP contribution in [-0.2, 0) is 6.54 Å². The number of hydrogen-bond acceptors (Lipinski definition) is 6. The summed E-state index contributed by atoms with van der Waals surface area (Å²) < 4.78 is 17.2. The highest BCUT2D eigenvalue weighted by molar-refractivity contribution is 8.00. The molecule has 1 amide bonds. The lowest BCUT2D eigenvalue weighted by atomic mass is 10.1. The number of halogens is 1. The Morgan fingerprint density at radius 2 is 1.65 bits per heavy atom. The fourth-order valence-electron chi connectivity index (χ4n) is 3.99. The zero-order chi connectivity index (χ0) is 23.3. The minimum atomic E-state index is -0.287. The smallest absolute Gasteiger partial charge is 0.253 e. The number of hydrogen-bond donors (Lipinski definition) is 1. The normalized spacial score (nSPS) is 14.3. The summed E-state index contributed by atoms with van der Waals surface area (Å²) in [5.41, 5.74) is 2.98. The Bertz CT molecular complexity index is 1290. The van der Waals surface area contributed by atoms with Gasteiger partial charge in [0.05, 0.1) is 16.1 Å². The van der Waals surface area contributed by atoms with Gasteiger partial charge < -0.3 is 9.62 Å². The second-order valence-corrected chi connectivity index (χ2v) is 8.96. The van der Waals surface area contributed by atoms with Gasteiger partial charge in [0.2, 0.25) is 0 Å². The predicted octanol–water partition coefficient (Wildman–Crippen LogP) is 4.85. The lowest BCUT2D eigenvalue weighted by Crippen LogP contribution is -2.48. The second kappa shape index (κ2) is 10.2. The van der Waals surface area contributed by atoms with Crippen LogP contribution in [0.2, 0.25) is 0 Å². The maximum atomic E-state index is 13.9. The van der Waals surface area contributed by atoms with Crippen molar-refractivity contribution in [1.82, 2.24) is 19.8 Å². The molecule has 5 rings (SSSR count). The van der Waals surface area contributed by atoms with E-state index in [1.807, 2.05) is 59.5 Å². The van der Waals surface area contributed by atoms with Crippen LogP contribution in [0, 0.1) is 5.82 Å². The molecule has 1 saturated heterocycles. The van der Waals surface area contributed by atoms with Crippen LogP contribution in [0.5, 0.6) is 0 Å². The van der Waals surface area contributed by atoms with E-state index in [4.69, 9.17) is 0 Å². The molecule has 4 aromatic rings. The number of benzene rings is 2. The van der Waals surface area contributed by atoms with Crippen LogP contribution in [0.25, 0.3) is 10.9 Å². The summed E-state index contributed by atoms with van der Waals surface area (Å²) in [7, 11) is 0. The van der Waals surface area contributed by atoms with Gasteiger partial charge in [-0.3, -0.25) is 19.7 Å². The molecule has 2 aromatic heterocycles. The molecule has 0 bridgehead atoms. The van der Waals surface area contributed by atoms with Crippen molar-refractivity contribution in [3.63, 3.8) is 0 Å². The number of rotatable bonds is 6. The first-order valence-corrected chi connectivity index (χ1v) is 12.0. The van der Waals surface area contributed by atoms with Gasteiger partial charge >= 0.3 is 0 Å². The SMILES string of the molecule is O=C(c1ccc(NSc2cccc3cccnc23)cc1)N1CCN(Cc2ncccc2F)CC1. The van der Waals surface area contributed by atoms with Gasteiger partial charge in [0.1, 0.15) is 5.82 Å². The van der Waals surface area contributed by atoms with E-state index in [1.165, 1.54) is 18.0 Å². The molecular formula is C26H24FN5OS. The molecule has 1 N–H and O–H groups in total. The van der Waals surface area contributed by atoms with Gasteiger partial charge in [-0.25, -0.2) is 4.39 Å². The van der Waals surface area contributed by atoms with Crippen molar-refractivity contribution in [1.29, 1.82) is 0 Å². The molecule has 3 heterocycles. The van der Waals surface area contributed by atoms with Crippen molar-refractivity contribution in [2.45, 2.75) is 11.4 Å². The van der Waals surface area contributed by atoms with Crippen molar-refractivity contribution in [3.05, 3.63) is 96.2 Å². The van der Waals surface area contributed by atoms with E-state index in [9.17, 15) is 9.18 Å². The Balaban J connectivity index is 1.15. The molecule has 0 atom stereocenters. The van der Waals surface area contributed by atoms with Gasteiger partial charge in [0.25, 0.3) is 5.91 Å². The number of amides is 1. The number of para-hydroxylation sites is 1. The van der Waals surface area contributed by atoms with E-state index < -0.39 is 0 Å². The van der Waals surface area contributed by atoms with E-state index in [-0.39, 0.29) is 11.7 Å². The highest BCUT2D eigenvalue weighted by Crippen LogP contribution is 2.27. The maximum Gasteiger partial charge on any atom is 0.253 e. The second-order valence-electron chi connectivity index (χ2n) is 8.11. The summed E-state index contributed by atoms with van der Waals surface area (Å²) in [4.78, 5) is 26.6. The molecule has 0 aliphatic carbocycles. The lowest BCUT2D eigenvalue weighted by molar-refractivity contribution is 0.0625. The largest absolute Gasteiger partial charge is 0.336 e. The zero-order valence-electron chi connectivity index (χ0n) is 18.5. The third-order valence-electron chi connectivity index (χ3n) is 5.87. The van der Waals surface area contributed by atoms with Gasteiger partial charge in [0.15, 0.2) is 0 Å². The highest BCUT2D eigenvalue weighted by atomic mass is 32.2. The molecule has 6 nitrogen and oxygen atoms in total. The van der Waals surface area contributed by atoms with Crippen LogP contribution in [0.4, 0.5) is 10.1 Å². The number of carbonyl (C=O) groups is 1. The molecule has 1 aliphatic rings. The fourth-order valence-corrected chi connectivity index (χ4v) is 4.77. The Morgan fingerprint density at radius 3 is 2.44 bits per heavy atom. The molecule has 1 fully saturated rings. The topological polar surface area (TPSA) is 61.4 Å². The van der Waals surface area contributed by atoms with Gasteiger partial charge in [-0.05, 0) is 60.5 Å². The van der Waals surface area contributed by atoms with Crippen molar-refractivity contribution in [2.24, 2.45) is 0 Å². The van der Waals surface area contributed by atoms with Crippen LogP contribution < -0.4 is 4.72 Å². The molecule has 8 heteroatoms. The molecular weight excluding hydrogens is 449 g/mol. The average molecular weight is 474 g/mol. The molecule has 0 saturated carbocycles. The molecule has 1 aliphatic heterocycles. The summed E-state index contributed by atoms with van der Waals surface area (Å²) in [5.74, 6) is -0.272. The minimum absolute atomic E-state index is 0.0149. The van der Waals surface area contributed by atoms with Crippen molar-refractivity contribution in [2.75, 3.05) is 30.9 Å². The van der Waals surface area contributed by atoms with Crippen LogP contribution in [0.3, 0.4) is 0 Å². The summed E-state index contributed by atoms with van der Waals surface area (Å²) in [6, 6.07) is 20.6. The first kappa shape index (κ1) is 22.3. The van der Waals surface area contributed by atoms with Gasteiger partial charge in [0, 0.05) is 61.8 Å². The van der Waals surface area contributed by atoms with E-state index in [0.717, 1.165) is 21.5 Å². The van der Waals surface area contributed by atoms with Gasteiger partial charge in [-0.1, -0.05) is 18.2 Å². The number of aromatic nitrogens is 2. The number of carbonyl (C=O) groups excluding carboxylic acids is 1. The summed E-state index contributed by atoms with van der Waals surface area (Å²) in [6.45, 7) is 3.06. The summed E-state index contributed by atoms with van der Waals surface area (Å²) in [5, 5.41) is 1.10. The predicted molar refractivity (Wildman–Crippen MR) is 133 cm³/mol. The third-order valence-corrected chi connectivity index (χ3v) is 6.76. The summed E-state index contributed by atoms with van der Waals surface area (Å²) in [6.07, 6.45) is 3.40. The Labute approximate surface area is 202 Å². The average Bonchev–Trinajstić information content (AvgIpc) is 2.89. The lowest BCUT2D eigenvalue weighted by Gasteiger charge is -2.34. The summed E-state index contributed by atoms with van der Waals surface area (Å²) >= 11 is 1.50. The van der Waals surface area contributed by atoms with Crippen LogP contribution in [-0.4, -0.2) is 51.9 Å². The van der Waals surface area contributed by atoms with Crippen molar-refractivity contribution in [3.8, 4) is 0 Å². The number of pyridine rings is 2. The number of fused-ring (bicyclic) bond motifs is 1. The number of nitrogens with one attached hydrogen (secondary N) is 1. The number of nitrogens with zero attached hydrogens (tertiary/aromatic N) is 4. The van der Waals surface area contributed by atoms with Crippen molar-refractivity contribution >= 4 is 34.4 Å². The standard InChI is InChI=1S/C26H24FN5OS/c27-22-6-3-12-28-23(22)18-31-14-16-32(17-15-31)26(33)20-8-10-21(11-9-20)30-34-24-7-1-4-19-5-2-13-29-25(19)24/h1-13,30H,14-18H2. The first-order chi connectivity index (χ1) is 16.7. The molecule has 0 radical (unpaired) electrons. The van der Waals surface area contributed by atoms with Gasteiger partial charge in [-0.15, -0.1) is 0 Å². The monoisotopic (exact) mass is 473 g/mol. The molecule has 172 valence electrons. The molecule has 0 unspecified atom stereocenters. The number of anilines is 1. The first-order valence-electron chi connectivity index (χ1n) is 11.1. The molecule has 2 aromatic carbocycles. The number of piperazine rings is 1.